The summed E-state index contributed by atoms with van der Waals surface area (Å²) in [5, 5.41) is 3.92. The molecule has 0 aliphatic rings. The molecule has 0 fully saturated rings. The minimum Gasteiger partial charge on any atom is -0.393 e. The Balaban J connectivity index is 1.88. The summed E-state index contributed by atoms with van der Waals surface area (Å²) in [5.74, 6) is 0.245. The highest BCUT2D eigenvalue weighted by Gasteiger charge is 2.19. The summed E-state index contributed by atoms with van der Waals surface area (Å²) in [6, 6.07) is 10.2. The molecule has 140 valence electrons. The molecule has 3 heterocycles. The average Bonchev–Trinajstić information content (AvgIpc) is 2.71. The first kappa shape index (κ1) is 17.6. The van der Waals surface area contributed by atoms with E-state index in [1.807, 2.05) is 31.2 Å². The smallest absolute Gasteiger partial charge is 0.155 e. The predicted molar refractivity (Wildman–Crippen MR) is 108 cm³/mol. The van der Waals surface area contributed by atoms with Gasteiger partial charge in [0.1, 0.15) is 23.3 Å². The van der Waals surface area contributed by atoms with E-state index in [4.69, 9.17) is 11.5 Å². The van der Waals surface area contributed by atoms with Crippen LogP contribution in [-0.4, -0.2) is 19.9 Å². The van der Waals surface area contributed by atoms with Crippen molar-refractivity contribution in [3.8, 4) is 11.3 Å². The third-order valence-electron chi connectivity index (χ3n) is 4.53. The number of nitrogens with two attached hydrogens (primary N) is 2. The maximum Gasteiger partial charge on any atom is 0.155 e. The second kappa shape index (κ2) is 7.07. The van der Waals surface area contributed by atoms with Crippen molar-refractivity contribution in [3.63, 3.8) is 0 Å². The van der Waals surface area contributed by atoms with Gasteiger partial charge in [-0.3, -0.25) is 9.97 Å². The molecule has 0 amide bonds. The van der Waals surface area contributed by atoms with Gasteiger partial charge in [0, 0.05) is 28.9 Å². The second-order valence-electron chi connectivity index (χ2n) is 6.33. The fourth-order valence-corrected chi connectivity index (χ4v) is 3.13. The van der Waals surface area contributed by atoms with Crippen molar-refractivity contribution in [2.75, 3.05) is 16.8 Å². The SMILES string of the molecule is C[C@H](Nc1ncnc(N)c1N)c1cnc2c(F)cccc2c1-c1ccccn1. The summed E-state index contributed by atoms with van der Waals surface area (Å²) in [7, 11) is 0. The van der Waals surface area contributed by atoms with E-state index in [-0.39, 0.29) is 23.4 Å². The number of hydrogen-bond donors (Lipinski definition) is 3. The molecule has 0 aliphatic heterocycles. The van der Waals surface area contributed by atoms with Gasteiger partial charge in [0.15, 0.2) is 11.6 Å². The summed E-state index contributed by atoms with van der Waals surface area (Å²) in [4.78, 5) is 16.8. The lowest BCUT2D eigenvalue weighted by Gasteiger charge is -2.20. The highest BCUT2D eigenvalue weighted by Crippen LogP contribution is 2.35. The zero-order valence-corrected chi connectivity index (χ0v) is 15.1. The molecule has 8 heteroatoms. The van der Waals surface area contributed by atoms with Gasteiger partial charge < -0.3 is 16.8 Å². The van der Waals surface area contributed by atoms with Crippen LogP contribution < -0.4 is 16.8 Å². The zero-order valence-electron chi connectivity index (χ0n) is 15.1. The Bertz CT molecular complexity index is 1150. The Kier molecular flexibility index (Phi) is 4.44. The lowest BCUT2D eigenvalue weighted by atomic mass is 9.96. The largest absolute Gasteiger partial charge is 0.393 e. The summed E-state index contributed by atoms with van der Waals surface area (Å²) >= 11 is 0. The standard InChI is InChI=1S/C20H18FN7/c1-11(28-20-17(22)19(23)26-10-27-20)13-9-25-18-12(5-4-6-14(18)21)16(13)15-7-2-3-8-24-15/h2-11H,22H2,1H3,(H3,23,26,27,28)/t11-/m0/s1. The number of para-hydroxylation sites is 1. The predicted octanol–water partition coefficient (Wildman–Crippen LogP) is 3.56. The van der Waals surface area contributed by atoms with Crippen LogP contribution in [0.3, 0.4) is 0 Å². The fourth-order valence-electron chi connectivity index (χ4n) is 3.13. The highest BCUT2D eigenvalue weighted by atomic mass is 19.1. The molecule has 0 radical (unpaired) electrons. The van der Waals surface area contributed by atoms with Crippen LogP contribution in [0.2, 0.25) is 0 Å². The Morgan fingerprint density at radius 3 is 2.64 bits per heavy atom. The van der Waals surface area contributed by atoms with Gasteiger partial charge in [-0.25, -0.2) is 14.4 Å². The van der Waals surface area contributed by atoms with Gasteiger partial charge in [0.25, 0.3) is 0 Å². The molecule has 4 aromatic rings. The number of nitrogens with zero attached hydrogens (tertiary/aromatic N) is 4. The molecule has 3 aromatic heterocycles. The summed E-state index contributed by atoms with van der Waals surface area (Å²) in [6.45, 7) is 1.94. The van der Waals surface area contributed by atoms with Crippen molar-refractivity contribution < 1.29 is 4.39 Å². The van der Waals surface area contributed by atoms with Gasteiger partial charge in [-0.15, -0.1) is 0 Å². The van der Waals surface area contributed by atoms with Gasteiger partial charge in [-0.05, 0) is 25.1 Å². The zero-order chi connectivity index (χ0) is 19.7. The van der Waals surface area contributed by atoms with E-state index in [0.717, 1.165) is 16.8 Å². The third-order valence-corrected chi connectivity index (χ3v) is 4.53. The lowest BCUT2D eigenvalue weighted by Crippen LogP contribution is -2.13. The minimum atomic E-state index is -0.380. The van der Waals surface area contributed by atoms with Crippen molar-refractivity contribution in [3.05, 3.63) is 66.5 Å². The number of benzene rings is 1. The number of fused-ring (bicyclic) bond motifs is 1. The van der Waals surface area contributed by atoms with Crippen molar-refractivity contribution in [2.45, 2.75) is 13.0 Å². The van der Waals surface area contributed by atoms with E-state index in [0.29, 0.717) is 16.7 Å². The molecule has 4 rings (SSSR count). The van der Waals surface area contributed by atoms with E-state index in [1.165, 1.54) is 12.4 Å². The first-order valence-electron chi connectivity index (χ1n) is 8.67. The van der Waals surface area contributed by atoms with Crippen LogP contribution in [0.4, 0.5) is 21.7 Å². The molecule has 0 spiro atoms. The molecule has 0 bridgehead atoms. The molecule has 0 aliphatic carbocycles. The van der Waals surface area contributed by atoms with Crippen LogP contribution in [0.25, 0.3) is 22.2 Å². The number of nitrogen functional groups attached to an aromatic ring is 2. The molecule has 0 unspecified atom stereocenters. The van der Waals surface area contributed by atoms with Gasteiger partial charge in [-0.2, -0.15) is 0 Å². The van der Waals surface area contributed by atoms with Gasteiger partial charge in [0.2, 0.25) is 0 Å². The van der Waals surface area contributed by atoms with Crippen molar-refractivity contribution >= 4 is 28.2 Å². The van der Waals surface area contributed by atoms with E-state index >= 15 is 0 Å². The van der Waals surface area contributed by atoms with E-state index < -0.39 is 0 Å². The molecule has 1 aromatic carbocycles. The first-order chi connectivity index (χ1) is 13.6. The number of hydrogen-bond acceptors (Lipinski definition) is 7. The normalized spacial score (nSPS) is 12.1. The number of aromatic nitrogens is 4. The molecule has 0 saturated heterocycles. The maximum atomic E-state index is 14.3. The van der Waals surface area contributed by atoms with Crippen molar-refractivity contribution in [2.24, 2.45) is 0 Å². The first-order valence-corrected chi connectivity index (χ1v) is 8.67. The quantitative estimate of drug-likeness (QED) is 0.499. The lowest BCUT2D eigenvalue weighted by molar-refractivity contribution is 0.636. The topological polar surface area (TPSA) is 116 Å². The van der Waals surface area contributed by atoms with Crippen molar-refractivity contribution in [1.29, 1.82) is 0 Å². The molecule has 1 atom stereocenters. The Hall–Kier alpha value is -3.81. The molecule has 28 heavy (non-hydrogen) atoms. The molecule has 0 saturated carbocycles. The summed E-state index contributed by atoms with van der Waals surface area (Å²) < 4.78 is 14.3. The van der Waals surface area contributed by atoms with E-state index in [2.05, 4.69) is 25.3 Å². The minimum absolute atomic E-state index is 0.202. The highest BCUT2D eigenvalue weighted by molar-refractivity contribution is 5.95. The fraction of sp³-hybridized carbons (Fsp3) is 0.100. The Labute approximate surface area is 160 Å². The Morgan fingerprint density at radius 2 is 1.86 bits per heavy atom. The van der Waals surface area contributed by atoms with Crippen LogP contribution in [-0.2, 0) is 0 Å². The van der Waals surface area contributed by atoms with Crippen LogP contribution in [0, 0.1) is 5.82 Å². The molecule has 7 nitrogen and oxygen atoms in total. The average molecular weight is 375 g/mol. The molecule has 5 N–H and O–H groups in total. The van der Waals surface area contributed by atoms with Crippen LogP contribution >= 0.6 is 0 Å². The summed E-state index contributed by atoms with van der Waals surface area (Å²) in [6.07, 6.45) is 4.69. The number of anilines is 3. The molecular weight excluding hydrogens is 357 g/mol. The Morgan fingerprint density at radius 1 is 1.00 bits per heavy atom. The van der Waals surface area contributed by atoms with Crippen LogP contribution in [0.1, 0.15) is 18.5 Å². The molecular formula is C20H18FN7. The second-order valence-corrected chi connectivity index (χ2v) is 6.33. The van der Waals surface area contributed by atoms with E-state index in [9.17, 15) is 4.39 Å². The van der Waals surface area contributed by atoms with Crippen LogP contribution in [0.15, 0.2) is 55.1 Å². The number of halogens is 1. The third kappa shape index (κ3) is 3.05. The number of nitrogens with one attached hydrogen (secondary N) is 1. The summed E-state index contributed by atoms with van der Waals surface area (Å²) in [5.41, 5.74) is 14.7. The number of rotatable bonds is 4. The van der Waals surface area contributed by atoms with Gasteiger partial charge in [0.05, 0.1) is 11.7 Å². The van der Waals surface area contributed by atoms with Gasteiger partial charge >= 0.3 is 0 Å². The maximum absolute atomic E-state index is 14.3. The van der Waals surface area contributed by atoms with Crippen LogP contribution in [0.5, 0.6) is 0 Å². The monoisotopic (exact) mass is 375 g/mol. The number of pyridine rings is 2. The van der Waals surface area contributed by atoms with E-state index in [1.54, 1.807) is 18.5 Å². The van der Waals surface area contributed by atoms with Crippen molar-refractivity contribution in [1.82, 2.24) is 19.9 Å². The van der Waals surface area contributed by atoms with Gasteiger partial charge in [-0.1, -0.05) is 18.2 Å².